The van der Waals surface area contributed by atoms with Crippen molar-refractivity contribution in [3.05, 3.63) is 64.3 Å². The summed E-state index contributed by atoms with van der Waals surface area (Å²) in [4.78, 5) is 0. The lowest BCUT2D eigenvalue weighted by atomic mass is 10.1. The van der Waals surface area contributed by atoms with Crippen molar-refractivity contribution >= 4 is 26.8 Å². The van der Waals surface area contributed by atoms with E-state index in [1.165, 1.54) is 10.9 Å². The Morgan fingerprint density at radius 2 is 2.00 bits per heavy atom. The SMILES string of the molecule is COc1ccc(Br)cc1Cn1ccc2cc(CN)ccc21. The zero-order valence-electron chi connectivity index (χ0n) is 11.8. The molecule has 0 aliphatic heterocycles. The average Bonchev–Trinajstić information content (AvgIpc) is 2.90. The molecule has 0 atom stereocenters. The second-order valence-corrected chi connectivity index (χ2v) is 5.91. The minimum absolute atomic E-state index is 0.570. The highest BCUT2D eigenvalue weighted by Crippen LogP contribution is 2.26. The Kier molecular flexibility index (Phi) is 3.99. The van der Waals surface area contributed by atoms with Crippen molar-refractivity contribution in [1.82, 2.24) is 4.57 Å². The Morgan fingerprint density at radius 1 is 1.14 bits per heavy atom. The number of methoxy groups -OCH3 is 1. The molecule has 0 saturated carbocycles. The Morgan fingerprint density at radius 3 is 2.76 bits per heavy atom. The predicted molar refractivity (Wildman–Crippen MR) is 89.6 cm³/mol. The molecular weight excluding hydrogens is 328 g/mol. The van der Waals surface area contributed by atoms with Gasteiger partial charge in [-0.3, -0.25) is 0 Å². The third kappa shape index (κ3) is 2.82. The monoisotopic (exact) mass is 344 g/mol. The maximum Gasteiger partial charge on any atom is 0.123 e. The van der Waals surface area contributed by atoms with Gasteiger partial charge in [-0.2, -0.15) is 0 Å². The van der Waals surface area contributed by atoms with Crippen molar-refractivity contribution < 1.29 is 4.74 Å². The third-order valence-electron chi connectivity index (χ3n) is 3.65. The van der Waals surface area contributed by atoms with Crippen LogP contribution in [0.5, 0.6) is 5.75 Å². The Labute approximate surface area is 132 Å². The topological polar surface area (TPSA) is 40.2 Å². The molecule has 0 amide bonds. The highest BCUT2D eigenvalue weighted by atomic mass is 79.9. The number of hydrogen-bond acceptors (Lipinski definition) is 2. The second-order valence-electron chi connectivity index (χ2n) is 5.00. The normalized spacial score (nSPS) is 11.0. The van der Waals surface area contributed by atoms with Crippen molar-refractivity contribution in [2.75, 3.05) is 7.11 Å². The molecule has 108 valence electrons. The van der Waals surface area contributed by atoms with E-state index in [1.54, 1.807) is 7.11 Å². The lowest BCUT2D eigenvalue weighted by molar-refractivity contribution is 0.408. The van der Waals surface area contributed by atoms with E-state index in [9.17, 15) is 0 Å². The van der Waals surface area contributed by atoms with Crippen LogP contribution in [0.15, 0.2) is 53.1 Å². The fourth-order valence-corrected chi connectivity index (χ4v) is 2.98. The predicted octanol–water partition coefficient (Wildman–Crippen LogP) is 3.92. The van der Waals surface area contributed by atoms with Crippen molar-refractivity contribution in [3.8, 4) is 5.75 Å². The minimum Gasteiger partial charge on any atom is -0.496 e. The maximum atomic E-state index is 5.70. The molecule has 1 heterocycles. The quantitative estimate of drug-likeness (QED) is 0.779. The molecule has 2 aromatic carbocycles. The van der Waals surface area contributed by atoms with Crippen LogP contribution in [0.3, 0.4) is 0 Å². The van der Waals surface area contributed by atoms with E-state index < -0.39 is 0 Å². The molecule has 0 saturated heterocycles. The van der Waals surface area contributed by atoms with Gasteiger partial charge in [-0.25, -0.2) is 0 Å². The van der Waals surface area contributed by atoms with Gasteiger partial charge in [-0.15, -0.1) is 0 Å². The Hall–Kier alpha value is -1.78. The summed E-state index contributed by atoms with van der Waals surface area (Å²) in [7, 11) is 1.70. The lowest BCUT2D eigenvalue weighted by Gasteiger charge is -2.11. The van der Waals surface area contributed by atoms with Crippen LogP contribution < -0.4 is 10.5 Å². The van der Waals surface area contributed by atoms with Crippen LogP contribution in [-0.2, 0) is 13.1 Å². The van der Waals surface area contributed by atoms with E-state index >= 15 is 0 Å². The first-order chi connectivity index (χ1) is 10.2. The Bertz CT molecular complexity index is 780. The van der Waals surface area contributed by atoms with Crippen LogP contribution in [0, 0.1) is 0 Å². The molecule has 0 spiro atoms. The molecule has 0 bridgehead atoms. The van der Waals surface area contributed by atoms with Crippen molar-refractivity contribution in [3.63, 3.8) is 0 Å². The number of nitrogens with zero attached hydrogens (tertiary/aromatic N) is 1. The number of halogens is 1. The first-order valence-corrected chi connectivity index (χ1v) is 7.61. The zero-order valence-corrected chi connectivity index (χ0v) is 13.4. The number of hydrogen-bond donors (Lipinski definition) is 1. The van der Waals surface area contributed by atoms with Crippen molar-refractivity contribution in [1.29, 1.82) is 0 Å². The number of ether oxygens (including phenoxy) is 1. The molecule has 0 radical (unpaired) electrons. The van der Waals surface area contributed by atoms with Gasteiger partial charge in [0.2, 0.25) is 0 Å². The Balaban J connectivity index is 2.00. The lowest BCUT2D eigenvalue weighted by Crippen LogP contribution is -2.01. The first kappa shape index (κ1) is 14.2. The molecule has 4 heteroatoms. The molecule has 3 aromatic rings. The second kappa shape index (κ2) is 5.92. The van der Waals surface area contributed by atoms with Gasteiger partial charge in [0.25, 0.3) is 0 Å². The van der Waals surface area contributed by atoms with Crippen LogP contribution in [0.25, 0.3) is 10.9 Å². The molecule has 3 nitrogen and oxygen atoms in total. The molecule has 0 unspecified atom stereocenters. The summed E-state index contributed by atoms with van der Waals surface area (Å²) in [5.74, 6) is 0.902. The standard InChI is InChI=1S/C17H17BrN2O/c1-21-17-5-3-15(18)9-14(17)11-20-7-6-13-8-12(10-19)2-4-16(13)20/h2-9H,10-11,19H2,1H3. The fraction of sp³-hybridized carbons (Fsp3) is 0.176. The van der Waals surface area contributed by atoms with Gasteiger partial charge < -0.3 is 15.0 Å². The van der Waals surface area contributed by atoms with E-state index in [1.807, 2.05) is 12.1 Å². The van der Waals surface area contributed by atoms with Crippen LogP contribution in [0.1, 0.15) is 11.1 Å². The van der Waals surface area contributed by atoms with Gasteiger partial charge in [0.1, 0.15) is 5.75 Å². The number of nitrogens with two attached hydrogens (primary N) is 1. The first-order valence-electron chi connectivity index (χ1n) is 6.81. The summed E-state index contributed by atoms with van der Waals surface area (Å²) in [5.41, 5.74) is 9.20. The molecule has 1 aromatic heterocycles. The number of fused-ring (bicyclic) bond motifs is 1. The maximum absolute atomic E-state index is 5.70. The zero-order chi connectivity index (χ0) is 14.8. The van der Waals surface area contributed by atoms with E-state index in [2.05, 4.69) is 57.0 Å². The average molecular weight is 345 g/mol. The molecule has 2 N–H and O–H groups in total. The summed E-state index contributed by atoms with van der Waals surface area (Å²) in [6.45, 7) is 1.34. The van der Waals surface area contributed by atoms with Crippen LogP contribution in [0.2, 0.25) is 0 Å². The van der Waals surface area contributed by atoms with E-state index in [0.29, 0.717) is 6.54 Å². The molecule has 0 fully saturated rings. The van der Waals surface area contributed by atoms with Crippen molar-refractivity contribution in [2.24, 2.45) is 5.73 Å². The van der Waals surface area contributed by atoms with E-state index in [-0.39, 0.29) is 0 Å². The number of rotatable bonds is 4. The molecule has 3 rings (SSSR count). The molecular formula is C17H17BrN2O. The molecule has 0 aliphatic carbocycles. The van der Waals surface area contributed by atoms with E-state index in [0.717, 1.165) is 27.9 Å². The number of aromatic nitrogens is 1. The highest BCUT2D eigenvalue weighted by molar-refractivity contribution is 9.10. The van der Waals surface area contributed by atoms with Crippen LogP contribution in [0.4, 0.5) is 0 Å². The third-order valence-corrected chi connectivity index (χ3v) is 4.15. The summed E-state index contributed by atoms with van der Waals surface area (Å²) in [5, 5.41) is 1.21. The van der Waals surface area contributed by atoms with Crippen molar-refractivity contribution in [2.45, 2.75) is 13.1 Å². The van der Waals surface area contributed by atoms with Gasteiger partial charge in [-0.1, -0.05) is 22.0 Å². The van der Waals surface area contributed by atoms with Gasteiger partial charge in [0, 0.05) is 28.3 Å². The van der Waals surface area contributed by atoms with Gasteiger partial charge in [0.05, 0.1) is 13.7 Å². The van der Waals surface area contributed by atoms with Crippen LogP contribution >= 0.6 is 15.9 Å². The van der Waals surface area contributed by atoms with Gasteiger partial charge >= 0.3 is 0 Å². The fourth-order valence-electron chi connectivity index (χ4n) is 2.57. The smallest absolute Gasteiger partial charge is 0.123 e. The summed E-state index contributed by atoms with van der Waals surface area (Å²) < 4.78 is 8.72. The minimum atomic E-state index is 0.570. The van der Waals surface area contributed by atoms with Gasteiger partial charge in [0.15, 0.2) is 0 Å². The van der Waals surface area contributed by atoms with Crippen LogP contribution in [-0.4, -0.2) is 11.7 Å². The summed E-state index contributed by atoms with van der Waals surface area (Å²) in [6, 6.07) is 14.5. The summed E-state index contributed by atoms with van der Waals surface area (Å²) in [6.07, 6.45) is 2.10. The molecule has 0 aliphatic rings. The largest absolute Gasteiger partial charge is 0.496 e. The van der Waals surface area contributed by atoms with Gasteiger partial charge in [-0.05, 0) is 47.3 Å². The summed E-state index contributed by atoms with van der Waals surface area (Å²) >= 11 is 3.52. The van der Waals surface area contributed by atoms with E-state index in [4.69, 9.17) is 10.5 Å². The molecule has 21 heavy (non-hydrogen) atoms. The number of benzene rings is 2. The highest BCUT2D eigenvalue weighted by Gasteiger charge is 2.07.